The fraction of sp³-hybridized carbons (Fsp3) is 0.333. The lowest BCUT2D eigenvalue weighted by Gasteiger charge is -2.13. The van der Waals surface area contributed by atoms with Crippen molar-refractivity contribution in [2.24, 2.45) is 0 Å². The van der Waals surface area contributed by atoms with Crippen LogP contribution in [0.2, 0.25) is 5.02 Å². The van der Waals surface area contributed by atoms with E-state index in [1.54, 1.807) is 6.92 Å². The summed E-state index contributed by atoms with van der Waals surface area (Å²) >= 11 is 5.69. The van der Waals surface area contributed by atoms with Gasteiger partial charge in [-0.15, -0.1) is 0 Å². The van der Waals surface area contributed by atoms with Crippen LogP contribution in [-0.2, 0) is 4.79 Å². The van der Waals surface area contributed by atoms with Crippen molar-refractivity contribution in [3.8, 4) is 0 Å². The number of nitrogens with zero attached hydrogens (tertiary/aromatic N) is 1. The van der Waals surface area contributed by atoms with Crippen molar-refractivity contribution >= 4 is 29.2 Å². The van der Waals surface area contributed by atoms with E-state index in [9.17, 15) is 19.7 Å². The van der Waals surface area contributed by atoms with Crippen LogP contribution in [0.25, 0.3) is 0 Å². The lowest BCUT2D eigenvalue weighted by Crippen LogP contribution is -2.40. The van der Waals surface area contributed by atoms with E-state index in [2.05, 4.69) is 5.32 Å². The van der Waals surface area contributed by atoms with E-state index in [-0.39, 0.29) is 17.0 Å². The predicted octanol–water partition coefficient (Wildman–Crippen LogP) is 2.23. The molecule has 1 unspecified atom stereocenters. The predicted molar refractivity (Wildman–Crippen MR) is 71.9 cm³/mol. The highest BCUT2D eigenvalue weighted by atomic mass is 35.5. The smallest absolute Gasteiger partial charge is 0.326 e. The number of nitrogens with one attached hydrogen (secondary N) is 1. The summed E-state index contributed by atoms with van der Waals surface area (Å²) in [6.07, 6.45) is 0.782. The number of nitro groups is 1. The van der Waals surface area contributed by atoms with Crippen LogP contribution in [-0.4, -0.2) is 27.9 Å². The average Bonchev–Trinajstić information content (AvgIpc) is 2.37. The third kappa shape index (κ3) is 3.67. The minimum absolute atomic E-state index is 0.176. The van der Waals surface area contributed by atoms with Crippen LogP contribution in [0.15, 0.2) is 18.2 Å². The molecule has 0 radical (unpaired) electrons. The fourth-order valence-electron chi connectivity index (χ4n) is 1.67. The Balaban J connectivity index is 3.06. The summed E-state index contributed by atoms with van der Waals surface area (Å²) in [6.45, 7) is 1.77. The van der Waals surface area contributed by atoms with Gasteiger partial charge in [0.05, 0.1) is 4.92 Å². The molecule has 0 fully saturated rings. The number of carbonyl (C=O) groups excluding carboxylic acids is 1. The second-order valence-electron chi connectivity index (χ2n) is 4.05. The summed E-state index contributed by atoms with van der Waals surface area (Å²) in [7, 11) is 0. The number of carbonyl (C=O) groups is 2. The summed E-state index contributed by atoms with van der Waals surface area (Å²) in [5, 5.41) is 22.0. The monoisotopic (exact) mass is 300 g/mol. The second-order valence-corrected chi connectivity index (χ2v) is 4.45. The van der Waals surface area contributed by atoms with Gasteiger partial charge in [0.2, 0.25) is 0 Å². The van der Waals surface area contributed by atoms with Crippen LogP contribution in [0.3, 0.4) is 0 Å². The molecule has 0 aliphatic rings. The lowest BCUT2D eigenvalue weighted by atomic mass is 10.1. The summed E-state index contributed by atoms with van der Waals surface area (Å²) in [6, 6.07) is 2.81. The van der Waals surface area contributed by atoms with E-state index >= 15 is 0 Å². The Labute approximate surface area is 119 Å². The van der Waals surface area contributed by atoms with Crippen molar-refractivity contribution < 1.29 is 19.6 Å². The zero-order chi connectivity index (χ0) is 15.3. The molecule has 0 saturated carbocycles. The van der Waals surface area contributed by atoms with E-state index in [1.807, 2.05) is 0 Å². The first-order valence-electron chi connectivity index (χ1n) is 5.85. The molecule has 0 aliphatic carbocycles. The molecule has 1 rings (SSSR count). The average molecular weight is 301 g/mol. The zero-order valence-corrected chi connectivity index (χ0v) is 11.4. The first-order valence-corrected chi connectivity index (χ1v) is 6.22. The molecule has 0 aromatic heterocycles. The molecule has 0 heterocycles. The number of rotatable bonds is 6. The number of para-hydroxylation sites is 1. The molecule has 0 saturated heterocycles. The molecule has 0 aliphatic heterocycles. The molecule has 2 N–H and O–H groups in total. The fourth-order valence-corrected chi connectivity index (χ4v) is 1.91. The molecule has 1 amide bonds. The molecule has 7 nitrogen and oxygen atoms in total. The van der Waals surface area contributed by atoms with Gasteiger partial charge in [0.1, 0.15) is 16.6 Å². The van der Waals surface area contributed by atoms with E-state index in [0.29, 0.717) is 6.42 Å². The number of hydrogen-bond donors (Lipinski definition) is 2. The van der Waals surface area contributed by atoms with Gasteiger partial charge in [0, 0.05) is 0 Å². The van der Waals surface area contributed by atoms with Gasteiger partial charge in [-0.05, 0) is 18.6 Å². The number of amides is 1. The highest BCUT2D eigenvalue weighted by Gasteiger charge is 2.26. The van der Waals surface area contributed by atoms with Gasteiger partial charge in [-0.1, -0.05) is 31.0 Å². The van der Waals surface area contributed by atoms with Gasteiger partial charge in [0.15, 0.2) is 0 Å². The van der Waals surface area contributed by atoms with Crippen molar-refractivity contribution in [2.75, 3.05) is 0 Å². The van der Waals surface area contributed by atoms with Crippen LogP contribution in [0.1, 0.15) is 30.1 Å². The minimum Gasteiger partial charge on any atom is -0.480 e. The van der Waals surface area contributed by atoms with Crippen molar-refractivity contribution in [2.45, 2.75) is 25.8 Å². The maximum Gasteiger partial charge on any atom is 0.326 e. The number of hydrogen-bond acceptors (Lipinski definition) is 4. The Morgan fingerprint density at radius 1 is 1.50 bits per heavy atom. The molecule has 8 heteroatoms. The number of benzene rings is 1. The number of halogens is 1. The molecule has 1 aromatic rings. The molecule has 20 heavy (non-hydrogen) atoms. The van der Waals surface area contributed by atoms with Gasteiger partial charge in [0.25, 0.3) is 5.91 Å². The van der Waals surface area contributed by atoms with Crippen molar-refractivity contribution in [3.63, 3.8) is 0 Å². The van der Waals surface area contributed by atoms with Crippen LogP contribution < -0.4 is 5.32 Å². The topological polar surface area (TPSA) is 110 Å². The quantitative estimate of drug-likeness (QED) is 0.618. The first-order chi connectivity index (χ1) is 9.38. The van der Waals surface area contributed by atoms with E-state index < -0.39 is 28.5 Å². The van der Waals surface area contributed by atoms with Crippen LogP contribution in [0.5, 0.6) is 0 Å². The molecule has 108 valence electrons. The minimum atomic E-state index is -1.19. The Bertz CT molecular complexity index is 547. The van der Waals surface area contributed by atoms with Crippen molar-refractivity contribution in [1.82, 2.24) is 5.32 Å². The lowest BCUT2D eigenvalue weighted by molar-refractivity contribution is -0.385. The maximum absolute atomic E-state index is 12.0. The third-order valence-corrected chi connectivity index (χ3v) is 2.90. The molecule has 1 atom stereocenters. The van der Waals surface area contributed by atoms with Gasteiger partial charge in [-0.2, -0.15) is 0 Å². The standard InChI is InChI=1S/C12H13ClN2O5/c1-2-4-9(12(17)18)14-11(16)7-5-3-6-8(13)10(7)15(19)20/h3,5-6,9H,2,4H2,1H3,(H,14,16)(H,17,18). The number of carboxylic acid groups (broad SMARTS) is 1. The van der Waals surface area contributed by atoms with Gasteiger partial charge in [-0.25, -0.2) is 4.79 Å². The largest absolute Gasteiger partial charge is 0.480 e. The Morgan fingerprint density at radius 3 is 2.65 bits per heavy atom. The summed E-state index contributed by atoms with van der Waals surface area (Å²) in [5.41, 5.74) is -0.794. The third-order valence-electron chi connectivity index (χ3n) is 2.59. The van der Waals surface area contributed by atoms with Crippen molar-refractivity contribution in [1.29, 1.82) is 0 Å². The summed E-state index contributed by atoms with van der Waals surface area (Å²) in [4.78, 5) is 33.1. The molecular weight excluding hydrogens is 288 g/mol. The Kier molecular flexibility index (Phi) is 5.45. The molecular formula is C12H13ClN2O5. The van der Waals surface area contributed by atoms with Gasteiger partial charge >= 0.3 is 11.7 Å². The highest BCUT2D eigenvalue weighted by molar-refractivity contribution is 6.33. The SMILES string of the molecule is CCCC(NC(=O)c1cccc(Cl)c1[N+](=O)[O-])C(=O)O. The highest BCUT2D eigenvalue weighted by Crippen LogP contribution is 2.28. The zero-order valence-electron chi connectivity index (χ0n) is 10.6. The van der Waals surface area contributed by atoms with E-state index in [0.717, 1.165) is 0 Å². The number of nitro benzene ring substituents is 1. The Morgan fingerprint density at radius 2 is 2.15 bits per heavy atom. The Hall–Kier alpha value is -2.15. The number of aliphatic carboxylic acids is 1. The van der Waals surface area contributed by atoms with Crippen LogP contribution in [0.4, 0.5) is 5.69 Å². The molecule has 1 aromatic carbocycles. The second kappa shape index (κ2) is 6.85. The summed E-state index contributed by atoms with van der Waals surface area (Å²) < 4.78 is 0. The van der Waals surface area contributed by atoms with Crippen LogP contribution >= 0.6 is 11.6 Å². The maximum atomic E-state index is 12.0. The molecule has 0 spiro atoms. The first kappa shape index (κ1) is 15.9. The molecule has 0 bridgehead atoms. The van der Waals surface area contributed by atoms with Gasteiger partial charge in [-0.3, -0.25) is 14.9 Å². The van der Waals surface area contributed by atoms with E-state index in [1.165, 1.54) is 18.2 Å². The number of carboxylic acids is 1. The summed E-state index contributed by atoms with van der Waals surface area (Å²) in [5.74, 6) is -2.02. The normalized spacial score (nSPS) is 11.7. The van der Waals surface area contributed by atoms with Crippen LogP contribution in [0, 0.1) is 10.1 Å². The van der Waals surface area contributed by atoms with Crippen molar-refractivity contribution in [3.05, 3.63) is 38.9 Å². The van der Waals surface area contributed by atoms with Gasteiger partial charge < -0.3 is 10.4 Å². The van der Waals surface area contributed by atoms with E-state index in [4.69, 9.17) is 16.7 Å².